The monoisotopic (exact) mass is 191 g/mol. The van der Waals surface area contributed by atoms with Crippen LogP contribution in [-0.2, 0) is 0 Å². The van der Waals surface area contributed by atoms with E-state index in [1.165, 1.54) is 0 Å². The van der Waals surface area contributed by atoms with Gasteiger partial charge in [0.15, 0.2) is 0 Å². The zero-order valence-corrected chi connectivity index (χ0v) is 8.75. The van der Waals surface area contributed by atoms with E-state index in [0.29, 0.717) is 0 Å². The largest absolute Gasteiger partial charge is 0.260 e. The molecule has 0 N–H and O–H groups in total. The van der Waals surface area contributed by atoms with Gasteiger partial charge in [-0.2, -0.15) is 0 Å². The van der Waals surface area contributed by atoms with Gasteiger partial charge in [0.25, 0.3) is 0 Å². The number of aliphatic imine (C=N–C) groups is 1. The Morgan fingerprint density at radius 2 is 1.92 bits per heavy atom. The van der Waals surface area contributed by atoms with Crippen molar-refractivity contribution in [3.8, 4) is 0 Å². The minimum absolute atomic E-state index is 0.935. The predicted octanol–water partition coefficient (Wildman–Crippen LogP) is 3.40. The molecule has 0 amide bonds. The van der Waals surface area contributed by atoms with Crippen molar-refractivity contribution in [2.75, 3.05) is 0 Å². The van der Waals surface area contributed by atoms with Gasteiger partial charge in [0.05, 0.1) is 5.70 Å². The molecule has 2 heteroatoms. The van der Waals surface area contributed by atoms with Gasteiger partial charge in [0.2, 0.25) is 0 Å². The highest BCUT2D eigenvalue weighted by Gasteiger charge is 1.99. The molecule has 0 unspecified atom stereocenters. The molecule has 0 aliphatic heterocycles. The lowest BCUT2D eigenvalue weighted by Gasteiger charge is -2.02. The molecule has 0 radical (unpaired) electrons. The Bertz CT molecular complexity index is 321. The first-order valence-corrected chi connectivity index (χ1v) is 4.64. The molecule has 0 atom stereocenters. The van der Waals surface area contributed by atoms with E-state index in [0.717, 1.165) is 16.2 Å². The van der Waals surface area contributed by atoms with Crippen LogP contribution in [0.1, 0.15) is 19.4 Å². The SMILES string of the molecule is CC=N/C(=C(/C)S)c1ccccc1. The zero-order valence-electron chi connectivity index (χ0n) is 7.86. The molecule has 0 spiro atoms. The van der Waals surface area contributed by atoms with E-state index in [9.17, 15) is 0 Å². The third-order valence-corrected chi connectivity index (χ3v) is 1.86. The maximum absolute atomic E-state index is 4.30. The van der Waals surface area contributed by atoms with Crippen LogP contribution in [0.5, 0.6) is 0 Å². The van der Waals surface area contributed by atoms with Crippen molar-refractivity contribution in [1.29, 1.82) is 0 Å². The lowest BCUT2D eigenvalue weighted by molar-refractivity contribution is 1.47. The molecule has 0 saturated carbocycles. The molecule has 1 rings (SSSR count). The van der Waals surface area contributed by atoms with Crippen molar-refractivity contribution < 1.29 is 0 Å². The van der Waals surface area contributed by atoms with Crippen LogP contribution in [0.3, 0.4) is 0 Å². The summed E-state index contributed by atoms with van der Waals surface area (Å²) in [7, 11) is 0. The second kappa shape index (κ2) is 4.87. The van der Waals surface area contributed by atoms with E-state index in [4.69, 9.17) is 0 Å². The van der Waals surface area contributed by atoms with E-state index in [2.05, 4.69) is 17.6 Å². The topological polar surface area (TPSA) is 12.4 Å². The Hall–Kier alpha value is -1.02. The first-order valence-electron chi connectivity index (χ1n) is 4.19. The normalized spacial score (nSPS) is 13.2. The van der Waals surface area contributed by atoms with Gasteiger partial charge in [0.1, 0.15) is 0 Å². The Balaban J connectivity index is 3.12. The van der Waals surface area contributed by atoms with E-state index >= 15 is 0 Å². The molecule has 0 aliphatic rings. The molecule has 0 heterocycles. The van der Waals surface area contributed by atoms with Gasteiger partial charge in [-0.3, -0.25) is 4.99 Å². The summed E-state index contributed by atoms with van der Waals surface area (Å²) in [5.41, 5.74) is 2.04. The quantitative estimate of drug-likeness (QED) is 0.543. The van der Waals surface area contributed by atoms with Crippen LogP contribution < -0.4 is 0 Å². The third kappa shape index (κ3) is 2.74. The Kier molecular flexibility index (Phi) is 3.77. The number of benzene rings is 1. The molecule has 1 aromatic carbocycles. The van der Waals surface area contributed by atoms with Crippen molar-refractivity contribution in [3.05, 3.63) is 40.8 Å². The molecule has 68 valence electrons. The lowest BCUT2D eigenvalue weighted by Crippen LogP contribution is -1.82. The van der Waals surface area contributed by atoms with Crippen LogP contribution in [-0.4, -0.2) is 6.21 Å². The number of thiol groups is 1. The number of rotatable bonds is 2. The standard InChI is InChI=1S/C11H13NS/c1-3-12-11(9(2)13)10-7-5-4-6-8-10/h3-8,13H,1-2H3/b11-9-,12-3?. The summed E-state index contributed by atoms with van der Waals surface area (Å²) < 4.78 is 0. The van der Waals surface area contributed by atoms with Crippen molar-refractivity contribution in [2.24, 2.45) is 4.99 Å². The number of allylic oxidation sites excluding steroid dienone is 1. The fourth-order valence-corrected chi connectivity index (χ4v) is 1.29. The highest BCUT2D eigenvalue weighted by molar-refractivity contribution is 7.84. The van der Waals surface area contributed by atoms with E-state index in [-0.39, 0.29) is 0 Å². The van der Waals surface area contributed by atoms with Crippen LogP contribution in [0, 0.1) is 0 Å². The third-order valence-electron chi connectivity index (χ3n) is 1.65. The van der Waals surface area contributed by atoms with Crippen molar-refractivity contribution in [3.63, 3.8) is 0 Å². The van der Waals surface area contributed by atoms with Crippen molar-refractivity contribution in [2.45, 2.75) is 13.8 Å². The number of hydrogen-bond acceptors (Lipinski definition) is 2. The highest BCUT2D eigenvalue weighted by Crippen LogP contribution is 2.21. The Labute approximate surface area is 84.6 Å². The van der Waals surface area contributed by atoms with Gasteiger partial charge in [-0.1, -0.05) is 30.3 Å². The zero-order chi connectivity index (χ0) is 9.68. The molecule has 0 aliphatic carbocycles. The molecule has 1 nitrogen and oxygen atoms in total. The van der Waals surface area contributed by atoms with Crippen molar-refractivity contribution in [1.82, 2.24) is 0 Å². The van der Waals surface area contributed by atoms with E-state index < -0.39 is 0 Å². The maximum atomic E-state index is 4.30. The fourth-order valence-electron chi connectivity index (χ4n) is 1.10. The van der Waals surface area contributed by atoms with Gasteiger partial charge in [-0.25, -0.2) is 0 Å². The van der Waals surface area contributed by atoms with Crippen LogP contribution in [0.15, 0.2) is 40.2 Å². The smallest absolute Gasteiger partial charge is 0.0787 e. The highest BCUT2D eigenvalue weighted by atomic mass is 32.1. The second-order valence-corrected chi connectivity index (χ2v) is 3.36. The average Bonchev–Trinajstić information content (AvgIpc) is 2.15. The first kappa shape index (κ1) is 10.1. The van der Waals surface area contributed by atoms with Crippen LogP contribution in [0.2, 0.25) is 0 Å². The molecule has 13 heavy (non-hydrogen) atoms. The lowest BCUT2D eigenvalue weighted by atomic mass is 10.1. The maximum Gasteiger partial charge on any atom is 0.0787 e. The van der Waals surface area contributed by atoms with Gasteiger partial charge in [-0.15, -0.1) is 12.6 Å². The van der Waals surface area contributed by atoms with Gasteiger partial charge < -0.3 is 0 Å². The summed E-state index contributed by atoms with van der Waals surface area (Å²) >= 11 is 4.30. The molecule has 0 bridgehead atoms. The summed E-state index contributed by atoms with van der Waals surface area (Å²) in [6.45, 7) is 3.85. The molecule has 0 fully saturated rings. The molecule has 1 aromatic rings. The Morgan fingerprint density at radius 1 is 1.31 bits per heavy atom. The van der Waals surface area contributed by atoms with Crippen LogP contribution in [0.25, 0.3) is 5.70 Å². The van der Waals surface area contributed by atoms with Gasteiger partial charge in [0, 0.05) is 16.7 Å². The second-order valence-electron chi connectivity index (χ2n) is 2.69. The molecular weight excluding hydrogens is 178 g/mol. The molecule has 0 saturated heterocycles. The van der Waals surface area contributed by atoms with Gasteiger partial charge >= 0.3 is 0 Å². The van der Waals surface area contributed by atoms with Crippen LogP contribution >= 0.6 is 12.6 Å². The fraction of sp³-hybridized carbons (Fsp3) is 0.182. The average molecular weight is 191 g/mol. The predicted molar refractivity (Wildman–Crippen MR) is 62.2 cm³/mol. The minimum Gasteiger partial charge on any atom is -0.260 e. The Morgan fingerprint density at radius 3 is 2.38 bits per heavy atom. The van der Waals surface area contributed by atoms with E-state index in [1.54, 1.807) is 6.21 Å². The van der Waals surface area contributed by atoms with E-state index in [1.807, 2.05) is 44.2 Å². The summed E-state index contributed by atoms with van der Waals surface area (Å²) in [6.07, 6.45) is 1.78. The summed E-state index contributed by atoms with van der Waals surface area (Å²) in [5, 5.41) is 0. The number of hydrogen-bond donors (Lipinski definition) is 1. The van der Waals surface area contributed by atoms with Crippen molar-refractivity contribution >= 4 is 24.5 Å². The van der Waals surface area contributed by atoms with Gasteiger partial charge in [-0.05, 0) is 13.8 Å². The summed E-state index contributed by atoms with van der Waals surface area (Å²) in [4.78, 5) is 5.21. The molecular formula is C11H13NS. The number of nitrogens with zero attached hydrogens (tertiary/aromatic N) is 1. The first-order chi connectivity index (χ1) is 6.25. The minimum atomic E-state index is 0.935. The molecule has 0 aromatic heterocycles. The summed E-state index contributed by atoms with van der Waals surface area (Å²) in [6, 6.07) is 10.0. The van der Waals surface area contributed by atoms with Crippen LogP contribution in [0.4, 0.5) is 0 Å². The summed E-state index contributed by atoms with van der Waals surface area (Å²) in [5.74, 6) is 0.